The standard InChI is InChI=1S/C20H32N2O4/c1-13(2)12-17(18(23)21-10-7-11-26-14(3)4)22-19(24)15-8-5-6-9-16(15)20(22)25/h5-6,13-17H,7-12H2,1-4H3,(H,21,23). The van der Waals surface area contributed by atoms with Gasteiger partial charge in [-0.1, -0.05) is 26.0 Å². The highest BCUT2D eigenvalue weighted by molar-refractivity contribution is 6.08. The van der Waals surface area contributed by atoms with Gasteiger partial charge < -0.3 is 10.1 Å². The number of likely N-dealkylation sites (tertiary alicyclic amines) is 1. The van der Waals surface area contributed by atoms with Crippen molar-refractivity contribution < 1.29 is 19.1 Å². The third-order valence-electron chi connectivity index (χ3n) is 4.92. The van der Waals surface area contributed by atoms with Gasteiger partial charge in [0.25, 0.3) is 0 Å². The molecule has 1 saturated heterocycles. The zero-order chi connectivity index (χ0) is 19.3. The van der Waals surface area contributed by atoms with Crippen LogP contribution in [-0.2, 0) is 19.1 Å². The van der Waals surface area contributed by atoms with Crippen molar-refractivity contribution in [2.45, 2.75) is 65.5 Å². The summed E-state index contributed by atoms with van der Waals surface area (Å²) in [5.74, 6) is -1.00. The van der Waals surface area contributed by atoms with Gasteiger partial charge in [0.2, 0.25) is 17.7 Å². The van der Waals surface area contributed by atoms with Gasteiger partial charge >= 0.3 is 0 Å². The van der Waals surface area contributed by atoms with E-state index in [0.717, 1.165) is 0 Å². The van der Waals surface area contributed by atoms with Gasteiger partial charge in [-0.25, -0.2) is 0 Å². The lowest BCUT2D eigenvalue weighted by Crippen LogP contribution is -2.50. The lowest BCUT2D eigenvalue weighted by Gasteiger charge is -2.27. The van der Waals surface area contributed by atoms with Crippen LogP contribution in [0.4, 0.5) is 0 Å². The minimum absolute atomic E-state index is 0.163. The van der Waals surface area contributed by atoms with Crippen LogP contribution in [0, 0.1) is 17.8 Å². The number of nitrogens with zero attached hydrogens (tertiary/aromatic N) is 1. The number of ether oxygens (including phenoxy) is 1. The summed E-state index contributed by atoms with van der Waals surface area (Å²) in [5.41, 5.74) is 0. The summed E-state index contributed by atoms with van der Waals surface area (Å²) in [6.45, 7) is 8.98. The van der Waals surface area contributed by atoms with Crippen molar-refractivity contribution in [1.29, 1.82) is 0 Å². The lowest BCUT2D eigenvalue weighted by atomic mass is 9.85. The van der Waals surface area contributed by atoms with Crippen LogP contribution in [0.15, 0.2) is 12.2 Å². The molecule has 1 aliphatic carbocycles. The van der Waals surface area contributed by atoms with Crippen molar-refractivity contribution in [2.24, 2.45) is 17.8 Å². The fourth-order valence-electron chi connectivity index (χ4n) is 3.63. The number of hydrogen-bond acceptors (Lipinski definition) is 4. The predicted octanol–water partition coefficient (Wildman–Crippen LogP) is 2.28. The van der Waals surface area contributed by atoms with Gasteiger partial charge in [-0.15, -0.1) is 0 Å². The van der Waals surface area contributed by atoms with E-state index >= 15 is 0 Å². The van der Waals surface area contributed by atoms with Gasteiger partial charge in [0.1, 0.15) is 6.04 Å². The van der Waals surface area contributed by atoms with Crippen molar-refractivity contribution in [3.63, 3.8) is 0 Å². The number of hydrogen-bond donors (Lipinski definition) is 1. The molecular weight excluding hydrogens is 332 g/mol. The van der Waals surface area contributed by atoms with E-state index < -0.39 is 6.04 Å². The van der Waals surface area contributed by atoms with E-state index in [1.807, 2.05) is 39.8 Å². The fraction of sp³-hybridized carbons (Fsp3) is 0.750. The fourth-order valence-corrected chi connectivity index (χ4v) is 3.63. The normalized spacial score (nSPS) is 23.7. The van der Waals surface area contributed by atoms with Crippen molar-refractivity contribution in [2.75, 3.05) is 13.2 Å². The molecule has 0 aromatic carbocycles. The molecule has 1 heterocycles. The molecule has 3 unspecified atom stereocenters. The van der Waals surface area contributed by atoms with Crippen LogP contribution in [0.3, 0.4) is 0 Å². The maximum atomic E-state index is 12.8. The van der Waals surface area contributed by atoms with E-state index in [1.54, 1.807) is 0 Å². The summed E-state index contributed by atoms with van der Waals surface area (Å²) in [6.07, 6.45) is 6.46. The highest BCUT2D eigenvalue weighted by Crippen LogP contribution is 2.37. The molecule has 1 N–H and O–H groups in total. The monoisotopic (exact) mass is 364 g/mol. The van der Waals surface area contributed by atoms with Crippen LogP contribution in [-0.4, -0.2) is 47.9 Å². The molecule has 1 aliphatic heterocycles. The molecule has 6 heteroatoms. The van der Waals surface area contributed by atoms with E-state index in [-0.39, 0.29) is 41.6 Å². The molecule has 0 bridgehead atoms. The summed E-state index contributed by atoms with van der Waals surface area (Å²) < 4.78 is 5.47. The lowest BCUT2D eigenvalue weighted by molar-refractivity contribution is -0.148. The molecule has 0 radical (unpaired) electrons. The largest absolute Gasteiger partial charge is 0.379 e. The molecule has 2 aliphatic rings. The maximum Gasteiger partial charge on any atom is 0.243 e. The second-order valence-corrected chi connectivity index (χ2v) is 7.91. The SMILES string of the molecule is CC(C)CC(C(=O)NCCCOC(C)C)N1C(=O)C2CC=CCC2C1=O. The van der Waals surface area contributed by atoms with Crippen LogP contribution in [0.25, 0.3) is 0 Å². The second-order valence-electron chi connectivity index (χ2n) is 7.91. The highest BCUT2D eigenvalue weighted by atomic mass is 16.5. The average molecular weight is 364 g/mol. The first-order chi connectivity index (χ1) is 12.3. The van der Waals surface area contributed by atoms with E-state index in [9.17, 15) is 14.4 Å². The quantitative estimate of drug-likeness (QED) is 0.387. The topological polar surface area (TPSA) is 75.7 Å². The van der Waals surface area contributed by atoms with Crippen molar-refractivity contribution in [1.82, 2.24) is 10.2 Å². The summed E-state index contributed by atoms with van der Waals surface area (Å²) in [5, 5.41) is 2.88. The van der Waals surface area contributed by atoms with E-state index in [4.69, 9.17) is 4.74 Å². The maximum absolute atomic E-state index is 12.8. The Labute approximate surface area is 156 Å². The molecule has 0 aromatic rings. The Hall–Kier alpha value is -1.69. The minimum Gasteiger partial charge on any atom is -0.379 e. The summed E-state index contributed by atoms with van der Waals surface area (Å²) in [6, 6.07) is -0.716. The Morgan fingerprint density at radius 2 is 1.73 bits per heavy atom. The second kappa shape index (κ2) is 9.31. The Kier molecular flexibility index (Phi) is 7.38. The number of amides is 3. The molecule has 0 saturated carbocycles. The van der Waals surface area contributed by atoms with Gasteiger partial charge in [0.15, 0.2) is 0 Å². The number of allylic oxidation sites excluding steroid dienone is 2. The zero-order valence-corrected chi connectivity index (χ0v) is 16.4. The zero-order valence-electron chi connectivity index (χ0n) is 16.4. The third-order valence-corrected chi connectivity index (χ3v) is 4.92. The first-order valence-electron chi connectivity index (χ1n) is 9.74. The Bertz CT molecular complexity index is 530. The smallest absolute Gasteiger partial charge is 0.243 e. The molecule has 2 rings (SSSR count). The van der Waals surface area contributed by atoms with E-state index in [1.165, 1.54) is 4.90 Å². The Balaban J connectivity index is 2.01. The van der Waals surface area contributed by atoms with Gasteiger partial charge in [-0.2, -0.15) is 0 Å². The van der Waals surface area contributed by atoms with Crippen molar-refractivity contribution in [3.8, 4) is 0 Å². The highest BCUT2D eigenvalue weighted by Gasteiger charge is 2.51. The van der Waals surface area contributed by atoms with E-state index in [0.29, 0.717) is 38.8 Å². The molecule has 146 valence electrons. The number of rotatable bonds is 9. The Morgan fingerprint density at radius 3 is 2.23 bits per heavy atom. The number of imide groups is 1. The number of nitrogens with one attached hydrogen (secondary N) is 1. The van der Waals surface area contributed by atoms with Crippen LogP contribution < -0.4 is 5.32 Å². The summed E-state index contributed by atoms with van der Waals surface area (Å²) >= 11 is 0. The predicted molar refractivity (Wildman–Crippen MR) is 99.2 cm³/mol. The van der Waals surface area contributed by atoms with Crippen LogP contribution in [0.2, 0.25) is 0 Å². The number of fused-ring (bicyclic) bond motifs is 1. The third kappa shape index (κ3) is 4.93. The Morgan fingerprint density at radius 1 is 1.15 bits per heavy atom. The molecule has 6 nitrogen and oxygen atoms in total. The molecule has 0 spiro atoms. The first kappa shape index (κ1) is 20.6. The van der Waals surface area contributed by atoms with Gasteiger partial charge in [-0.05, 0) is 45.4 Å². The molecule has 3 amide bonds. The summed E-state index contributed by atoms with van der Waals surface area (Å²) in [4.78, 5) is 39.6. The van der Waals surface area contributed by atoms with Gasteiger partial charge in [0.05, 0.1) is 17.9 Å². The minimum atomic E-state index is -0.716. The molecule has 1 fully saturated rings. The first-order valence-corrected chi connectivity index (χ1v) is 9.74. The van der Waals surface area contributed by atoms with Gasteiger partial charge in [0, 0.05) is 13.2 Å². The average Bonchev–Trinajstić information content (AvgIpc) is 2.83. The van der Waals surface area contributed by atoms with Crippen LogP contribution in [0.5, 0.6) is 0 Å². The van der Waals surface area contributed by atoms with Crippen molar-refractivity contribution >= 4 is 17.7 Å². The molecule has 26 heavy (non-hydrogen) atoms. The van der Waals surface area contributed by atoms with Crippen LogP contribution in [0.1, 0.15) is 53.4 Å². The summed E-state index contributed by atoms with van der Waals surface area (Å²) in [7, 11) is 0. The van der Waals surface area contributed by atoms with E-state index in [2.05, 4.69) is 5.32 Å². The molecule has 0 aromatic heterocycles. The van der Waals surface area contributed by atoms with Crippen LogP contribution >= 0.6 is 0 Å². The molecular formula is C20H32N2O4. The van der Waals surface area contributed by atoms with Crippen molar-refractivity contribution in [3.05, 3.63) is 12.2 Å². The van der Waals surface area contributed by atoms with Gasteiger partial charge in [-0.3, -0.25) is 19.3 Å². The number of carbonyl (C=O) groups excluding carboxylic acids is 3. The molecule has 3 atom stereocenters. The number of carbonyl (C=O) groups is 3.